The summed E-state index contributed by atoms with van der Waals surface area (Å²) in [6.45, 7) is 0.442. The van der Waals surface area contributed by atoms with Gasteiger partial charge in [-0.1, -0.05) is 46.3 Å². The molecule has 0 spiro atoms. The molecule has 0 aliphatic heterocycles. The zero-order valence-corrected chi connectivity index (χ0v) is 10.8. The lowest BCUT2D eigenvalue weighted by Gasteiger charge is -2.05. The minimum Gasteiger partial charge on any atom is -0.326 e. The number of carbonyl (C=O) groups excluding carboxylic acids is 1. The first-order valence-electron chi connectivity index (χ1n) is 5.30. The van der Waals surface area contributed by atoms with Gasteiger partial charge in [-0.05, 0) is 23.8 Å². The molecule has 0 bridgehead atoms. The van der Waals surface area contributed by atoms with Crippen molar-refractivity contribution < 1.29 is 4.79 Å². The standard InChI is InChI=1S/C14H12BrNO/c15-13-7-2-1-6-12(13)14(17)11-5-3-4-10(8-11)9-16/h1-8H,9,16H2. The maximum Gasteiger partial charge on any atom is 0.194 e. The van der Waals surface area contributed by atoms with Crippen LogP contribution in [-0.2, 0) is 6.54 Å². The summed E-state index contributed by atoms with van der Waals surface area (Å²) < 4.78 is 0.808. The van der Waals surface area contributed by atoms with Gasteiger partial charge in [0.2, 0.25) is 0 Å². The number of benzene rings is 2. The van der Waals surface area contributed by atoms with E-state index in [4.69, 9.17) is 5.73 Å². The lowest BCUT2D eigenvalue weighted by atomic mass is 10.0. The van der Waals surface area contributed by atoms with Crippen LogP contribution in [0.25, 0.3) is 0 Å². The SMILES string of the molecule is NCc1cccc(C(=O)c2ccccc2Br)c1. The number of nitrogens with two attached hydrogens (primary N) is 1. The first kappa shape index (κ1) is 12.0. The first-order chi connectivity index (χ1) is 8.22. The van der Waals surface area contributed by atoms with E-state index in [1.165, 1.54) is 0 Å². The third-order valence-electron chi connectivity index (χ3n) is 2.54. The van der Waals surface area contributed by atoms with Gasteiger partial charge in [0, 0.05) is 22.1 Å². The number of ketones is 1. The van der Waals surface area contributed by atoms with E-state index in [1.807, 2.05) is 42.5 Å². The van der Waals surface area contributed by atoms with Crippen molar-refractivity contribution in [3.8, 4) is 0 Å². The van der Waals surface area contributed by atoms with Gasteiger partial charge in [-0.15, -0.1) is 0 Å². The van der Waals surface area contributed by atoms with Crippen LogP contribution >= 0.6 is 15.9 Å². The first-order valence-corrected chi connectivity index (χ1v) is 6.10. The van der Waals surface area contributed by atoms with E-state index >= 15 is 0 Å². The lowest BCUT2D eigenvalue weighted by molar-refractivity contribution is 0.103. The fourth-order valence-electron chi connectivity index (χ4n) is 1.64. The second kappa shape index (κ2) is 5.25. The van der Waals surface area contributed by atoms with Crippen molar-refractivity contribution in [3.63, 3.8) is 0 Å². The predicted molar refractivity (Wildman–Crippen MR) is 71.9 cm³/mol. The van der Waals surface area contributed by atoms with Crippen LogP contribution in [0.5, 0.6) is 0 Å². The van der Waals surface area contributed by atoms with E-state index in [0.717, 1.165) is 10.0 Å². The van der Waals surface area contributed by atoms with Crippen LogP contribution in [-0.4, -0.2) is 5.78 Å². The molecule has 0 saturated carbocycles. The van der Waals surface area contributed by atoms with Crippen LogP contribution in [0.15, 0.2) is 53.0 Å². The van der Waals surface area contributed by atoms with Crippen molar-refractivity contribution in [2.24, 2.45) is 5.73 Å². The van der Waals surface area contributed by atoms with E-state index in [1.54, 1.807) is 6.07 Å². The molecule has 2 aromatic rings. The van der Waals surface area contributed by atoms with Gasteiger partial charge < -0.3 is 5.73 Å². The fourth-order valence-corrected chi connectivity index (χ4v) is 2.11. The van der Waals surface area contributed by atoms with E-state index in [2.05, 4.69) is 15.9 Å². The average molecular weight is 290 g/mol. The summed E-state index contributed by atoms with van der Waals surface area (Å²) in [6.07, 6.45) is 0. The van der Waals surface area contributed by atoms with Crippen LogP contribution in [0.4, 0.5) is 0 Å². The maximum absolute atomic E-state index is 12.3. The predicted octanol–water partition coefficient (Wildman–Crippen LogP) is 3.14. The molecule has 0 saturated heterocycles. The van der Waals surface area contributed by atoms with Crippen LogP contribution < -0.4 is 5.73 Å². The summed E-state index contributed by atoms with van der Waals surface area (Å²) in [7, 11) is 0. The molecule has 86 valence electrons. The Kier molecular flexibility index (Phi) is 3.71. The van der Waals surface area contributed by atoms with Gasteiger partial charge in [-0.3, -0.25) is 4.79 Å². The Labute approximate surface area is 109 Å². The third kappa shape index (κ3) is 2.62. The van der Waals surface area contributed by atoms with Crippen LogP contribution in [0.3, 0.4) is 0 Å². The Hall–Kier alpha value is -1.45. The fraction of sp³-hybridized carbons (Fsp3) is 0.0714. The molecule has 2 N–H and O–H groups in total. The minimum atomic E-state index is 0.00720. The molecule has 2 rings (SSSR count). The van der Waals surface area contributed by atoms with Gasteiger partial charge in [-0.2, -0.15) is 0 Å². The van der Waals surface area contributed by atoms with E-state index in [0.29, 0.717) is 17.7 Å². The van der Waals surface area contributed by atoms with Crippen LogP contribution in [0.1, 0.15) is 21.5 Å². The lowest BCUT2D eigenvalue weighted by Crippen LogP contribution is -2.04. The minimum absolute atomic E-state index is 0.00720. The summed E-state index contributed by atoms with van der Waals surface area (Å²) in [6, 6.07) is 14.8. The molecule has 0 amide bonds. The number of hydrogen-bond acceptors (Lipinski definition) is 2. The van der Waals surface area contributed by atoms with Crippen molar-refractivity contribution in [2.45, 2.75) is 6.54 Å². The zero-order chi connectivity index (χ0) is 12.3. The number of hydrogen-bond donors (Lipinski definition) is 1. The van der Waals surface area contributed by atoms with E-state index < -0.39 is 0 Å². The second-order valence-electron chi connectivity index (χ2n) is 3.71. The third-order valence-corrected chi connectivity index (χ3v) is 3.23. The highest BCUT2D eigenvalue weighted by Gasteiger charge is 2.11. The van der Waals surface area contributed by atoms with Crippen LogP contribution in [0.2, 0.25) is 0 Å². The molecule has 17 heavy (non-hydrogen) atoms. The van der Waals surface area contributed by atoms with Crippen molar-refractivity contribution >= 4 is 21.7 Å². The number of halogens is 1. The van der Waals surface area contributed by atoms with Crippen molar-refractivity contribution in [2.75, 3.05) is 0 Å². The van der Waals surface area contributed by atoms with E-state index in [-0.39, 0.29) is 5.78 Å². The highest BCUT2D eigenvalue weighted by molar-refractivity contribution is 9.10. The summed E-state index contributed by atoms with van der Waals surface area (Å²) >= 11 is 3.38. The molecular formula is C14H12BrNO. The molecule has 0 radical (unpaired) electrons. The Balaban J connectivity index is 2.40. The summed E-state index contributed by atoms with van der Waals surface area (Å²) in [5.41, 5.74) is 7.86. The van der Waals surface area contributed by atoms with Gasteiger partial charge in [0.15, 0.2) is 5.78 Å². The molecule has 0 atom stereocenters. The average Bonchev–Trinajstić information content (AvgIpc) is 2.38. The molecule has 0 aromatic heterocycles. The largest absolute Gasteiger partial charge is 0.326 e. The highest BCUT2D eigenvalue weighted by atomic mass is 79.9. The zero-order valence-electron chi connectivity index (χ0n) is 9.19. The van der Waals surface area contributed by atoms with Crippen molar-refractivity contribution in [1.82, 2.24) is 0 Å². The molecule has 0 heterocycles. The molecular weight excluding hydrogens is 278 g/mol. The van der Waals surface area contributed by atoms with Gasteiger partial charge >= 0.3 is 0 Å². The molecule has 0 unspecified atom stereocenters. The summed E-state index contributed by atoms with van der Waals surface area (Å²) in [5.74, 6) is 0.00720. The molecule has 0 aliphatic carbocycles. The van der Waals surface area contributed by atoms with E-state index in [9.17, 15) is 4.79 Å². The van der Waals surface area contributed by atoms with Gasteiger partial charge in [0.05, 0.1) is 0 Å². The second-order valence-corrected chi connectivity index (χ2v) is 4.57. The monoisotopic (exact) mass is 289 g/mol. The Morgan fingerprint density at radius 1 is 1.12 bits per heavy atom. The smallest absolute Gasteiger partial charge is 0.194 e. The number of carbonyl (C=O) groups is 1. The van der Waals surface area contributed by atoms with Crippen molar-refractivity contribution in [1.29, 1.82) is 0 Å². The molecule has 0 fully saturated rings. The molecule has 0 aliphatic rings. The molecule has 2 aromatic carbocycles. The summed E-state index contributed by atoms with van der Waals surface area (Å²) in [4.78, 5) is 12.3. The van der Waals surface area contributed by atoms with Crippen LogP contribution in [0, 0.1) is 0 Å². The van der Waals surface area contributed by atoms with Gasteiger partial charge in [0.1, 0.15) is 0 Å². The topological polar surface area (TPSA) is 43.1 Å². The Bertz CT molecular complexity index is 551. The Morgan fingerprint density at radius 3 is 2.59 bits per heavy atom. The maximum atomic E-state index is 12.3. The van der Waals surface area contributed by atoms with Crippen molar-refractivity contribution in [3.05, 3.63) is 69.7 Å². The number of rotatable bonds is 3. The molecule has 3 heteroatoms. The normalized spacial score (nSPS) is 10.2. The highest BCUT2D eigenvalue weighted by Crippen LogP contribution is 2.20. The van der Waals surface area contributed by atoms with Gasteiger partial charge in [0.25, 0.3) is 0 Å². The Morgan fingerprint density at radius 2 is 1.88 bits per heavy atom. The summed E-state index contributed by atoms with van der Waals surface area (Å²) in [5, 5.41) is 0. The van der Waals surface area contributed by atoms with Gasteiger partial charge in [-0.25, -0.2) is 0 Å². The quantitative estimate of drug-likeness (QED) is 0.882. The molecule has 2 nitrogen and oxygen atoms in total.